The molecule has 0 spiro atoms. The molecule has 0 fully saturated rings. The van der Waals surface area contributed by atoms with Gasteiger partial charge in [-0.25, -0.2) is 14.3 Å². The first-order chi connectivity index (χ1) is 7.60. The van der Waals surface area contributed by atoms with Crippen molar-refractivity contribution in [2.24, 2.45) is 0 Å². The molecule has 0 bridgehead atoms. The van der Waals surface area contributed by atoms with Crippen molar-refractivity contribution in [3.63, 3.8) is 0 Å². The molecule has 0 N–H and O–H groups in total. The van der Waals surface area contributed by atoms with Gasteiger partial charge in [0.25, 0.3) is 0 Å². The molecule has 0 saturated heterocycles. The van der Waals surface area contributed by atoms with Crippen LogP contribution in [0.1, 0.15) is 0 Å². The number of carbonyl (C=O) groups is 1. The Hall–Kier alpha value is -1.46. The lowest BCUT2D eigenvalue weighted by Gasteiger charge is -2.20. The van der Waals surface area contributed by atoms with Gasteiger partial charge < -0.3 is 4.74 Å². The average molecular weight is 245 g/mol. The van der Waals surface area contributed by atoms with Crippen molar-refractivity contribution >= 4 is 23.5 Å². The Kier molecular flexibility index (Phi) is 4.39. The van der Waals surface area contributed by atoms with Crippen LogP contribution in [0.4, 0.5) is 10.5 Å². The summed E-state index contributed by atoms with van der Waals surface area (Å²) in [7, 11) is 4.43. The fourth-order valence-electron chi connectivity index (χ4n) is 1.03. The van der Waals surface area contributed by atoms with Crippen molar-refractivity contribution in [2.75, 3.05) is 25.7 Å². The first-order valence-corrected chi connectivity index (χ1v) is 4.85. The number of anilines is 1. The molecular weight excluding hydrogens is 232 g/mol. The van der Waals surface area contributed by atoms with Crippen molar-refractivity contribution < 1.29 is 14.4 Å². The summed E-state index contributed by atoms with van der Waals surface area (Å²) >= 11 is 5.85. The topological polar surface area (TPSA) is 42.0 Å². The van der Waals surface area contributed by atoms with Gasteiger partial charge in [-0.3, -0.25) is 4.84 Å². The van der Waals surface area contributed by atoms with E-state index in [0.717, 1.165) is 9.48 Å². The molecule has 1 aromatic rings. The number of hydrogen-bond acceptors (Lipinski definition) is 3. The summed E-state index contributed by atoms with van der Waals surface area (Å²) in [6.45, 7) is 0. The van der Waals surface area contributed by atoms with E-state index in [9.17, 15) is 4.79 Å². The van der Waals surface area contributed by atoms with E-state index in [2.05, 4.69) is 0 Å². The summed E-state index contributed by atoms with van der Waals surface area (Å²) in [6, 6.07) is 6.30. The summed E-state index contributed by atoms with van der Waals surface area (Å²) in [5.41, 5.74) is 0.538. The van der Waals surface area contributed by atoms with E-state index in [1.54, 1.807) is 31.4 Å². The summed E-state index contributed by atoms with van der Waals surface area (Å²) < 4.78 is 5.96. The quantitative estimate of drug-likeness (QED) is 0.605. The number of methoxy groups -OCH3 is 1. The minimum absolute atomic E-state index is 0.477. The molecule has 0 radical (unpaired) electrons. The lowest BCUT2D eigenvalue weighted by Crippen LogP contribution is -2.34. The van der Waals surface area contributed by atoms with Gasteiger partial charge in [-0.05, 0) is 24.3 Å². The highest BCUT2D eigenvalue weighted by Gasteiger charge is 2.17. The number of amides is 2. The molecule has 0 aromatic heterocycles. The third-order valence-corrected chi connectivity index (χ3v) is 2.35. The molecule has 16 heavy (non-hydrogen) atoms. The first kappa shape index (κ1) is 12.6. The highest BCUT2D eigenvalue weighted by atomic mass is 35.5. The number of hydroxylamine groups is 2. The average Bonchev–Trinajstić information content (AvgIpc) is 2.36. The van der Waals surface area contributed by atoms with Crippen LogP contribution in [0.25, 0.3) is 0 Å². The van der Waals surface area contributed by atoms with Gasteiger partial charge in [0, 0.05) is 18.8 Å². The molecule has 0 saturated carbocycles. The highest BCUT2D eigenvalue weighted by molar-refractivity contribution is 6.36. The third-order valence-electron chi connectivity index (χ3n) is 2.01. The van der Waals surface area contributed by atoms with Crippen molar-refractivity contribution in [2.45, 2.75) is 0 Å². The first-order valence-electron chi connectivity index (χ1n) is 4.52. The predicted octanol–water partition coefficient (Wildman–Crippen LogP) is 2.27. The van der Waals surface area contributed by atoms with Crippen LogP contribution in [0, 0.1) is 0 Å². The fourth-order valence-corrected chi connectivity index (χ4v) is 1.24. The van der Waals surface area contributed by atoms with Gasteiger partial charge in [0.1, 0.15) is 5.75 Å². The number of halogens is 1. The zero-order chi connectivity index (χ0) is 12.1. The van der Waals surface area contributed by atoms with E-state index in [1.165, 1.54) is 14.2 Å². The normalized spacial score (nSPS) is 9.75. The summed E-state index contributed by atoms with van der Waals surface area (Å²) in [5, 5.41) is 1.03. The van der Waals surface area contributed by atoms with Gasteiger partial charge in [0.05, 0.1) is 19.9 Å². The molecule has 0 heterocycles. The SMILES string of the molecule is COc1ccc(N(Cl)C(=O)N(C)OC)cc1. The number of rotatable bonds is 3. The van der Waals surface area contributed by atoms with E-state index in [1.807, 2.05) is 0 Å². The van der Waals surface area contributed by atoms with Crippen LogP contribution < -0.4 is 9.16 Å². The van der Waals surface area contributed by atoms with Gasteiger partial charge in [-0.1, -0.05) is 0 Å². The van der Waals surface area contributed by atoms with Crippen LogP contribution in [0.2, 0.25) is 0 Å². The zero-order valence-electron chi connectivity index (χ0n) is 9.31. The molecule has 0 aliphatic rings. The van der Waals surface area contributed by atoms with Crippen LogP contribution in [-0.2, 0) is 4.84 Å². The fraction of sp³-hybridized carbons (Fsp3) is 0.300. The van der Waals surface area contributed by atoms with Crippen LogP contribution in [-0.4, -0.2) is 32.4 Å². The lowest BCUT2D eigenvalue weighted by molar-refractivity contribution is -0.0610. The Balaban J connectivity index is 2.79. The van der Waals surface area contributed by atoms with Crippen molar-refractivity contribution in [1.82, 2.24) is 5.06 Å². The van der Waals surface area contributed by atoms with Gasteiger partial charge in [-0.15, -0.1) is 0 Å². The lowest BCUT2D eigenvalue weighted by atomic mass is 10.3. The molecule has 0 atom stereocenters. The summed E-state index contributed by atoms with van der Waals surface area (Å²) in [6.07, 6.45) is 0. The maximum atomic E-state index is 11.6. The van der Waals surface area contributed by atoms with Crippen LogP contribution in [0.3, 0.4) is 0 Å². The van der Waals surface area contributed by atoms with E-state index in [0.29, 0.717) is 11.4 Å². The number of benzene rings is 1. The minimum Gasteiger partial charge on any atom is -0.497 e. The Bertz CT molecular complexity index is 356. The maximum Gasteiger partial charge on any atom is 0.362 e. The molecule has 1 aromatic carbocycles. The minimum atomic E-state index is -0.477. The van der Waals surface area contributed by atoms with Crippen molar-refractivity contribution in [1.29, 1.82) is 0 Å². The standard InChI is InChI=1S/C10H13ClN2O3/c1-12(16-3)10(14)13(11)8-4-6-9(15-2)7-5-8/h4-7H,1-3H3. The van der Waals surface area contributed by atoms with Gasteiger partial charge >= 0.3 is 6.03 Å². The Morgan fingerprint density at radius 3 is 2.25 bits per heavy atom. The highest BCUT2D eigenvalue weighted by Crippen LogP contribution is 2.21. The number of carbonyl (C=O) groups excluding carboxylic acids is 1. The van der Waals surface area contributed by atoms with E-state index in [-0.39, 0.29) is 0 Å². The molecule has 88 valence electrons. The zero-order valence-corrected chi connectivity index (χ0v) is 10.1. The molecular formula is C10H13ClN2O3. The van der Waals surface area contributed by atoms with Crippen LogP contribution in [0.5, 0.6) is 5.75 Å². The number of hydrogen-bond donors (Lipinski definition) is 0. The molecule has 0 unspecified atom stereocenters. The Morgan fingerprint density at radius 1 is 1.25 bits per heavy atom. The smallest absolute Gasteiger partial charge is 0.362 e. The molecule has 1 rings (SSSR count). The molecule has 0 aliphatic carbocycles. The van der Waals surface area contributed by atoms with Gasteiger partial charge in [0.15, 0.2) is 0 Å². The van der Waals surface area contributed by atoms with Gasteiger partial charge in [-0.2, -0.15) is 0 Å². The maximum absolute atomic E-state index is 11.6. The second-order valence-corrected chi connectivity index (χ2v) is 3.28. The molecule has 6 heteroatoms. The third kappa shape index (κ3) is 2.77. The Morgan fingerprint density at radius 2 is 1.81 bits per heavy atom. The van der Waals surface area contributed by atoms with E-state index in [4.69, 9.17) is 21.4 Å². The predicted molar refractivity (Wildman–Crippen MR) is 61.5 cm³/mol. The molecule has 2 amide bonds. The Labute approximate surface area is 99.2 Å². The van der Waals surface area contributed by atoms with Gasteiger partial charge in [0.2, 0.25) is 0 Å². The monoisotopic (exact) mass is 244 g/mol. The van der Waals surface area contributed by atoms with E-state index >= 15 is 0 Å². The van der Waals surface area contributed by atoms with E-state index < -0.39 is 6.03 Å². The number of urea groups is 1. The number of nitrogens with zero attached hydrogens (tertiary/aromatic N) is 2. The molecule has 0 aliphatic heterocycles. The largest absolute Gasteiger partial charge is 0.497 e. The second kappa shape index (κ2) is 5.58. The van der Waals surface area contributed by atoms with Crippen molar-refractivity contribution in [3.8, 4) is 5.75 Å². The number of ether oxygens (including phenoxy) is 1. The summed E-state index contributed by atoms with van der Waals surface area (Å²) in [5.74, 6) is 0.696. The van der Waals surface area contributed by atoms with Crippen LogP contribution in [0.15, 0.2) is 24.3 Å². The summed E-state index contributed by atoms with van der Waals surface area (Å²) in [4.78, 5) is 16.3. The van der Waals surface area contributed by atoms with Crippen molar-refractivity contribution in [3.05, 3.63) is 24.3 Å². The van der Waals surface area contributed by atoms with Crippen LogP contribution >= 0.6 is 11.8 Å². The molecule has 5 nitrogen and oxygen atoms in total. The second-order valence-electron chi connectivity index (χ2n) is 2.94.